The van der Waals surface area contributed by atoms with Crippen LogP contribution in [0.1, 0.15) is 19.3 Å². The molecule has 3 heterocycles. The normalized spacial score (nSPS) is 22.8. The zero-order valence-corrected chi connectivity index (χ0v) is 14.0. The third kappa shape index (κ3) is 4.34. The van der Waals surface area contributed by atoms with Crippen LogP contribution >= 0.6 is 11.6 Å². The highest BCUT2D eigenvalue weighted by atomic mass is 35.5. The highest BCUT2D eigenvalue weighted by molar-refractivity contribution is 6.32. The molecule has 2 aliphatic heterocycles. The van der Waals surface area contributed by atoms with E-state index in [4.69, 9.17) is 16.3 Å². The van der Waals surface area contributed by atoms with Crippen LogP contribution < -0.4 is 5.32 Å². The second-order valence-electron chi connectivity index (χ2n) is 6.03. The van der Waals surface area contributed by atoms with E-state index in [2.05, 4.69) is 15.2 Å². The topological polar surface area (TPSA) is 57.7 Å². The molecule has 1 aromatic heterocycles. The molecule has 0 spiro atoms. The summed E-state index contributed by atoms with van der Waals surface area (Å²) >= 11 is 6.03. The lowest BCUT2D eigenvalue weighted by Gasteiger charge is -2.39. The van der Waals surface area contributed by atoms with Gasteiger partial charge in [-0.1, -0.05) is 11.6 Å². The molecule has 0 bridgehead atoms. The molecule has 1 atom stereocenters. The number of ether oxygens (including phenoxy) is 1. The molecule has 0 radical (unpaired) electrons. The van der Waals surface area contributed by atoms with Crippen molar-refractivity contribution in [1.29, 1.82) is 0 Å². The fourth-order valence-corrected chi connectivity index (χ4v) is 3.37. The van der Waals surface area contributed by atoms with Crippen molar-refractivity contribution in [3.05, 3.63) is 23.5 Å². The summed E-state index contributed by atoms with van der Waals surface area (Å²) in [5, 5.41) is 3.22. The Balaban J connectivity index is 1.63. The number of amides is 2. The lowest BCUT2D eigenvalue weighted by molar-refractivity contribution is 0.0229. The number of hydrogen-bond donors (Lipinski definition) is 1. The standard InChI is InChI=1S/C16H23ClN4O2/c17-15-14(5-3-6-18-15)19-16(22)21-7-2-1-4-13(21)12-20-8-10-23-11-9-20/h3,5-6,13H,1-2,4,7-12H2,(H,19,22). The van der Waals surface area contributed by atoms with Crippen LogP contribution in [0.25, 0.3) is 0 Å². The van der Waals surface area contributed by atoms with Crippen molar-refractivity contribution in [3.8, 4) is 0 Å². The Bertz CT molecular complexity index is 537. The van der Waals surface area contributed by atoms with Gasteiger partial charge in [-0.2, -0.15) is 0 Å². The number of likely N-dealkylation sites (tertiary alicyclic amines) is 1. The lowest BCUT2D eigenvalue weighted by atomic mass is 10.0. The lowest BCUT2D eigenvalue weighted by Crippen LogP contribution is -2.52. The summed E-state index contributed by atoms with van der Waals surface area (Å²) < 4.78 is 5.40. The number of carbonyl (C=O) groups is 1. The zero-order chi connectivity index (χ0) is 16.1. The second kappa shape index (κ2) is 7.95. The van der Waals surface area contributed by atoms with Crippen molar-refractivity contribution in [2.24, 2.45) is 0 Å². The molecule has 7 heteroatoms. The second-order valence-corrected chi connectivity index (χ2v) is 6.39. The Labute approximate surface area is 141 Å². The fraction of sp³-hybridized carbons (Fsp3) is 0.625. The Kier molecular flexibility index (Phi) is 5.70. The van der Waals surface area contributed by atoms with Crippen molar-refractivity contribution in [1.82, 2.24) is 14.8 Å². The number of pyridine rings is 1. The van der Waals surface area contributed by atoms with Gasteiger partial charge in [-0.3, -0.25) is 4.90 Å². The molecular weight excluding hydrogens is 316 g/mol. The van der Waals surface area contributed by atoms with Crippen LogP contribution in [0.2, 0.25) is 5.15 Å². The number of urea groups is 1. The van der Waals surface area contributed by atoms with E-state index in [0.717, 1.165) is 52.2 Å². The zero-order valence-electron chi connectivity index (χ0n) is 13.2. The Hall–Kier alpha value is -1.37. The number of nitrogens with one attached hydrogen (secondary N) is 1. The van der Waals surface area contributed by atoms with Crippen LogP contribution in [0.15, 0.2) is 18.3 Å². The van der Waals surface area contributed by atoms with Gasteiger partial charge in [0, 0.05) is 38.4 Å². The van der Waals surface area contributed by atoms with Gasteiger partial charge in [-0.25, -0.2) is 9.78 Å². The van der Waals surface area contributed by atoms with E-state index < -0.39 is 0 Å². The smallest absolute Gasteiger partial charge is 0.322 e. The summed E-state index contributed by atoms with van der Waals surface area (Å²) in [6.07, 6.45) is 4.88. The van der Waals surface area contributed by atoms with Crippen molar-refractivity contribution < 1.29 is 9.53 Å². The number of aromatic nitrogens is 1. The summed E-state index contributed by atoms with van der Waals surface area (Å²) in [5.41, 5.74) is 0.565. The molecule has 6 nitrogen and oxygen atoms in total. The Morgan fingerprint density at radius 2 is 2.17 bits per heavy atom. The molecule has 23 heavy (non-hydrogen) atoms. The Morgan fingerprint density at radius 1 is 1.35 bits per heavy atom. The maximum Gasteiger partial charge on any atom is 0.322 e. The average molecular weight is 339 g/mol. The van der Waals surface area contributed by atoms with Gasteiger partial charge < -0.3 is 15.0 Å². The number of rotatable bonds is 3. The van der Waals surface area contributed by atoms with Crippen molar-refractivity contribution in [2.45, 2.75) is 25.3 Å². The minimum Gasteiger partial charge on any atom is -0.379 e. The fourth-order valence-electron chi connectivity index (χ4n) is 3.21. The molecule has 2 fully saturated rings. The molecule has 2 saturated heterocycles. The molecule has 0 aliphatic carbocycles. The summed E-state index contributed by atoms with van der Waals surface area (Å²) in [4.78, 5) is 21.0. The monoisotopic (exact) mass is 338 g/mol. The highest BCUT2D eigenvalue weighted by Crippen LogP contribution is 2.22. The maximum atomic E-state index is 12.7. The van der Waals surface area contributed by atoms with Gasteiger partial charge in [-0.05, 0) is 31.4 Å². The van der Waals surface area contributed by atoms with Crippen LogP contribution in [0.4, 0.5) is 10.5 Å². The molecule has 126 valence electrons. The van der Waals surface area contributed by atoms with Crippen molar-refractivity contribution >= 4 is 23.3 Å². The summed E-state index contributed by atoms with van der Waals surface area (Å²) in [5.74, 6) is 0. The first-order chi connectivity index (χ1) is 11.2. The highest BCUT2D eigenvalue weighted by Gasteiger charge is 2.29. The van der Waals surface area contributed by atoms with Crippen LogP contribution in [-0.2, 0) is 4.74 Å². The molecule has 1 aromatic rings. The number of nitrogens with zero attached hydrogens (tertiary/aromatic N) is 3. The number of halogens is 1. The Morgan fingerprint density at radius 3 is 2.96 bits per heavy atom. The van der Waals surface area contributed by atoms with Crippen LogP contribution in [0.5, 0.6) is 0 Å². The van der Waals surface area contributed by atoms with Gasteiger partial charge in [0.05, 0.1) is 18.9 Å². The predicted molar refractivity (Wildman–Crippen MR) is 89.9 cm³/mol. The number of morpholine rings is 1. The van der Waals surface area contributed by atoms with Gasteiger partial charge in [0.2, 0.25) is 0 Å². The van der Waals surface area contributed by atoms with E-state index in [0.29, 0.717) is 10.8 Å². The summed E-state index contributed by atoms with van der Waals surface area (Å²) in [7, 11) is 0. The molecule has 1 unspecified atom stereocenters. The molecule has 1 N–H and O–H groups in total. The number of anilines is 1. The van der Waals surface area contributed by atoms with Gasteiger partial charge in [0.15, 0.2) is 5.15 Å². The quantitative estimate of drug-likeness (QED) is 0.860. The molecule has 3 rings (SSSR count). The van der Waals surface area contributed by atoms with E-state index in [-0.39, 0.29) is 12.1 Å². The predicted octanol–water partition coefficient (Wildman–Crippen LogP) is 2.45. The first-order valence-electron chi connectivity index (χ1n) is 8.22. The van der Waals surface area contributed by atoms with E-state index in [1.54, 1.807) is 18.3 Å². The number of carbonyl (C=O) groups excluding carboxylic acids is 1. The number of piperidine rings is 1. The van der Waals surface area contributed by atoms with E-state index in [1.165, 1.54) is 6.42 Å². The largest absolute Gasteiger partial charge is 0.379 e. The maximum absolute atomic E-state index is 12.7. The third-order valence-corrected chi connectivity index (χ3v) is 4.76. The number of hydrogen-bond acceptors (Lipinski definition) is 4. The average Bonchev–Trinajstić information content (AvgIpc) is 2.58. The van der Waals surface area contributed by atoms with Gasteiger partial charge in [-0.15, -0.1) is 0 Å². The molecule has 2 amide bonds. The first kappa shape index (κ1) is 16.5. The minimum absolute atomic E-state index is 0.0853. The van der Waals surface area contributed by atoms with Gasteiger partial charge in [0.1, 0.15) is 0 Å². The van der Waals surface area contributed by atoms with E-state index in [9.17, 15) is 4.79 Å². The van der Waals surface area contributed by atoms with Crippen LogP contribution in [0, 0.1) is 0 Å². The van der Waals surface area contributed by atoms with E-state index in [1.807, 2.05) is 4.90 Å². The third-order valence-electron chi connectivity index (χ3n) is 4.46. The minimum atomic E-state index is -0.0853. The van der Waals surface area contributed by atoms with Gasteiger partial charge >= 0.3 is 6.03 Å². The molecule has 0 aromatic carbocycles. The van der Waals surface area contributed by atoms with Crippen molar-refractivity contribution in [3.63, 3.8) is 0 Å². The van der Waals surface area contributed by atoms with Crippen LogP contribution in [0.3, 0.4) is 0 Å². The molecule has 0 saturated carbocycles. The first-order valence-corrected chi connectivity index (χ1v) is 8.60. The van der Waals surface area contributed by atoms with Crippen molar-refractivity contribution in [2.75, 3.05) is 44.7 Å². The van der Waals surface area contributed by atoms with E-state index >= 15 is 0 Å². The van der Waals surface area contributed by atoms with Gasteiger partial charge in [0.25, 0.3) is 0 Å². The van der Waals surface area contributed by atoms with Crippen LogP contribution in [-0.4, -0.2) is 66.2 Å². The SMILES string of the molecule is O=C(Nc1cccnc1Cl)N1CCCCC1CN1CCOCC1. The summed E-state index contributed by atoms with van der Waals surface area (Å²) in [6, 6.07) is 3.70. The molecule has 2 aliphatic rings. The summed E-state index contributed by atoms with van der Waals surface area (Å²) in [6.45, 7) is 5.16. The molecular formula is C16H23ClN4O2.